The van der Waals surface area contributed by atoms with E-state index in [9.17, 15) is 9.59 Å². The van der Waals surface area contributed by atoms with E-state index in [1.165, 1.54) is 0 Å². The Bertz CT molecular complexity index is 1080. The average Bonchev–Trinajstić information content (AvgIpc) is 3.15. The smallest absolute Gasteiger partial charge is 0.333 e. The number of imide groups is 1. The van der Waals surface area contributed by atoms with Gasteiger partial charge in [-0.25, -0.2) is 9.69 Å². The van der Waals surface area contributed by atoms with Crippen molar-refractivity contribution in [2.45, 2.75) is 19.9 Å². The first-order valence-corrected chi connectivity index (χ1v) is 9.06. The van der Waals surface area contributed by atoms with Gasteiger partial charge >= 0.3 is 6.03 Å². The molecular weight excluding hydrogens is 362 g/mol. The summed E-state index contributed by atoms with van der Waals surface area (Å²) in [5.41, 5.74) is 2.71. The van der Waals surface area contributed by atoms with Gasteiger partial charge in [-0.15, -0.1) is 0 Å². The molecule has 1 aliphatic rings. The average molecular weight is 380 g/mol. The van der Waals surface area contributed by atoms with Gasteiger partial charge in [-0.2, -0.15) is 0 Å². The monoisotopic (exact) mass is 379 g/mol. The van der Waals surface area contributed by atoms with Gasteiger partial charge in [0.15, 0.2) is 0 Å². The topological polar surface area (TPSA) is 54.3 Å². The number of urea groups is 1. The van der Waals surface area contributed by atoms with Crippen LogP contribution in [0.1, 0.15) is 25.5 Å². The van der Waals surface area contributed by atoms with Gasteiger partial charge in [0, 0.05) is 33.7 Å². The molecule has 2 heterocycles. The van der Waals surface area contributed by atoms with E-state index in [2.05, 4.69) is 23.7 Å². The van der Waals surface area contributed by atoms with E-state index < -0.39 is 6.03 Å². The number of halogens is 1. The van der Waals surface area contributed by atoms with Crippen molar-refractivity contribution in [1.82, 2.24) is 9.88 Å². The highest BCUT2D eigenvalue weighted by atomic mass is 35.5. The largest absolute Gasteiger partial charge is 0.344 e. The number of carbonyl (C=O) groups is 2. The zero-order valence-electron chi connectivity index (χ0n) is 14.9. The summed E-state index contributed by atoms with van der Waals surface area (Å²) in [6, 6.07) is 14.4. The number of hydrogen-bond donors (Lipinski definition) is 1. The number of rotatable bonds is 3. The Balaban J connectivity index is 1.75. The summed E-state index contributed by atoms with van der Waals surface area (Å²) < 4.78 is 2.15. The standard InChI is InChI=1S/C21H18ClN3O2/c1-13(2)24-12-14(17-5-3-4-6-19(17)24)11-18-20(26)25(21(27)23-18)16-9-7-15(22)8-10-16/h3-13H,1-2H3,(H,23,27)/b18-11+. The molecule has 0 radical (unpaired) electrons. The second kappa shape index (κ2) is 6.59. The Morgan fingerprint density at radius 2 is 1.74 bits per heavy atom. The number of para-hydroxylation sites is 1. The van der Waals surface area contributed by atoms with Gasteiger partial charge in [-0.05, 0) is 50.3 Å². The van der Waals surface area contributed by atoms with Gasteiger partial charge in [0.05, 0.1) is 5.69 Å². The molecule has 3 amide bonds. The third kappa shape index (κ3) is 3.00. The van der Waals surface area contributed by atoms with Gasteiger partial charge in [-0.3, -0.25) is 4.79 Å². The molecule has 0 unspecified atom stereocenters. The number of nitrogens with one attached hydrogen (secondary N) is 1. The minimum Gasteiger partial charge on any atom is -0.344 e. The molecule has 6 heteroatoms. The van der Waals surface area contributed by atoms with Crippen LogP contribution in [0.2, 0.25) is 5.02 Å². The van der Waals surface area contributed by atoms with Crippen LogP contribution in [0.5, 0.6) is 0 Å². The molecule has 136 valence electrons. The summed E-state index contributed by atoms with van der Waals surface area (Å²) in [6.07, 6.45) is 3.74. The second-order valence-corrected chi connectivity index (χ2v) is 7.14. The third-order valence-electron chi connectivity index (χ3n) is 4.59. The number of anilines is 1. The molecule has 2 aromatic carbocycles. The molecule has 0 saturated carbocycles. The summed E-state index contributed by atoms with van der Waals surface area (Å²) in [6.45, 7) is 4.21. The minimum atomic E-state index is -0.471. The fourth-order valence-corrected chi connectivity index (χ4v) is 3.42. The molecule has 0 bridgehead atoms. The van der Waals surface area contributed by atoms with Crippen molar-refractivity contribution in [1.29, 1.82) is 0 Å². The molecule has 1 N–H and O–H groups in total. The van der Waals surface area contributed by atoms with Gasteiger partial charge in [-0.1, -0.05) is 29.8 Å². The maximum absolute atomic E-state index is 12.8. The Labute approximate surface area is 161 Å². The molecule has 3 aromatic rings. The van der Waals surface area contributed by atoms with Crippen molar-refractivity contribution in [3.05, 3.63) is 71.0 Å². The van der Waals surface area contributed by atoms with Crippen LogP contribution in [-0.4, -0.2) is 16.5 Å². The van der Waals surface area contributed by atoms with Crippen LogP contribution in [-0.2, 0) is 4.79 Å². The van der Waals surface area contributed by atoms with Crippen molar-refractivity contribution >= 4 is 46.2 Å². The number of aromatic nitrogens is 1. The summed E-state index contributed by atoms with van der Waals surface area (Å²) in [5.74, 6) is -0.385. The zero-order chi connectivity index (χ0) is 19.1. The quantitative estimate of drug-likeness (QED) is 0.515. The van der Waals surface area contributed by atoms with Crippen LogP contribution in [0.15, 0.2) is 60.4 Å². The van der Waals surface area contributed by atoms with Gasteiger partial charge < -0.3 is 9.88 Å². The maximum Gasteiger partial charge on any atom is 0.333 e. The zero-order valence-corrected chi connectivity index (χ0v) is 15.7. The molecular formula is C21H18ClN3O2. The highest BCUT2D eigenvalue weighted by Gasteiger charge is 2.35. The molecule has 1 aromatic heterocycles. The van der Waals surface area contributed by atoms with E-state index >= 15 is 0 Å². The summed E-state index contributed by atoms with van der Waals surface area (Å²) >= 11 is 5.89. The normalized spacial score (nSPS) is 16.0. The van der Waals surface area contributed by atoms with E-state index in [0.717, 1.165) is 21.4 Å². The van der Waals surface area contributed by atoms with Crippen molar-refractivity contribution in [3.8, 4) is 0 Å². The van der Waals surface area contributed by atoms with Gasteiger partial charge in [0.1, 0.15) is 5.70 Å². The number of hydrogen-bond acceptors (Lipinski definition) is 2. The molecule has 0 aliphatic carbocycles. The first-order chi connectivity index (χ1) is 13.0. The molecule has 4 rings (SSSR count). The molecule has 5 nitrogen and oxygen atoms in total. The number of fused-ring (bicyclic) bond motifs is 1. The van der Waals surface area contributed by atoms with E-state index in [4.69, 9.17) is 11.6 Å². The molecule has 0 atom stereocenters. The van der Waals surface area contributed by atoms with E-state index in [1.54, 1.807) is 30.3 Å². The van der Waals surface area contributed by atoms with Crippen molar-refractivity contribution in [3.63, 3.8) is 0 Å². The molecule has 1 saturated heterocycles. The first kappa shape index (κ1) is 17.4. The third-order valence-corrected chi connectivity index (χ3v) is 4.84. The van der Waals surface area contributed by atoms with E-state index in [-0.39, 0.29) is 17.6 Å². The van der Waals surface area contributed by atoms with Gasteiger partial charge in [0.2, 0.25) is 0 Å². The van der Waals surface area contributed by atoms with Crippen molar-refractivity contribution in [2.24, 2.45) is 0 Å². The van der Waals surface area contributed by atoms with E-state index in [0.29, 0.717) is 10.7 Å². The van der Waals surface area contributed by atoms with Crippen LogP contribution in [0.4, 0.5) is 10.5 Å². The summed E-state index contributed by atoms with van der Waals surface area (Å²) in [7, 11) is 0. The molecule has 0 spiro atoms. The van der Waals surface area contributed by atoms with Crippen LogP contribution in [0.3, 0.4) is 0 Å². The fraction of sp³-hybridized carbons (Fsp3) is 0.143. The predicted molar refractivity (Wildman–Crippen MR) is 108 cm³/mol. The number of amides is 3. The maximum atomic E-state index is 12.8. The van der Waals surface area contributed by atoms with Crippen LogP contribution >= 0.6 is 11.6 Å². The Kier molecular flexibility index (Phi) is 4.24. The lowest BCUT2D eigenvalue weighted by molar-refractivity contribution is -0.113. The van der Waals surface area contributed by atoms with Gasteiger partial charge in [0.25, 0.3) is 5.91 Å². The van der Waals surface area contributed by atoms with Crippen molar-refractivity contribution < 1.29 is 9.59 Å². The summed E-state index contributed by atoms with van der Waals surface area (Å²) in [4.78, 5) is 26.3. The summed E-state index contributed by atoms with van der Waals surface area (Å²) in [5, 5.41) is 4.25. The number of carbonyl (C=O) groups excluding carboxylic acids is 2. The van der Waals surface area contributed by atoms with Crippen LogP contribution < -0.4 is 10.2 Å². The molecule has 1 fully saturated rings. The lowest BCUT2D eigenvalue weighted by Gasteiger charge is -2.11. The Morgan fingerprint density at radius 1 is 1.04 bits per heavy atom. The Morgan fingerprint density at radius 3 is 2.44 bits per heavy atom. The van der Waals surface area contributed by atoms with Crippen LogP contribution in [0.25, 0.3) is 17.0 Å². The van der Waals surface area contributed by atoms with E-state index in [1.807, 2.05) is 30.5 Å². The lowest BCUT2D eigenvalue weighted by atomic mass is 10.1. The van der Waals surface area contributed by atoms with Crippen molar-refractivity contribution in [2.75, 3.05) is 4.90 Å². The molecule has 1 aliphatic heterocycles. The number of nitrogens with zero attached hydrogens (tertiary/aromatic N) is 2. The predicted octanol–water partition coefficient (Wildman–Crippen LogP) is 4.97. The number of benzene rings is 2. The first-order valence-electron chi connectivity index (χ1n) is 8.68. The highest BCUT2D eigenvalue weighted by molar-refractivity contribution is 6.31. The SMILES string of the molecule is CC(C)n1cc(/C=C2/NC(=O)N(c3ccc(Cl)cc3)C2=O)c2ccccc21. The molecule has 27 heavy (non-hydrogen) atoms. The highest BCUT2D eigenvalue weighted by Crippen LogP contribution is 2.28. The fourth-order valence-electron chi connectivity index (χ4n) is 3.29. The lowest BCUT2D eigenvalue weighted by Crippen LogP contribution is -2.30. The Hall–Kier alpha value is -3.05. The minimum absolute atomic E-state index is 0.251. The van der Waals surface area contributed by atoms with Crippen LogP contribution in [0, 0.1) is 0 Å². The second-order valence-electron chi connectivity index (χ2n) is 6.71.